The summed E-state index contributed by atoms with van der Waals surface area (Å²) in [5, 5.41) is 4.89. The number of fused-ring (bicyclic) bond motifs is 1. The first kappa shape index (κ1) is 26.3. The van der Waals surface area contributed by atoms with E-state index in [9.17, 15) is 28.8 Å². The van der Waals surface area contributed by atoms with E-state index in [4.69, 9.17) is 4.74 Å². The fourth-order valence-corrected chi connectivity index (χ4v) is 4.14. The Morgan fingerprint density at radius 2 is 1.74 bits per heavy atom. The molecule has 12 nitrogen and oxygen atoms in total. The van der Waals surface area contributed by atoms with E-state index in [1.165, 1.54) is 6.07 Å². The molecule has 1 fully saturated rings. The molecule has 1 atom stereocenters. The van der Waals surface area contributed by atoms with E-state index < -0.39 is 47.3 Å². The Balaban J connectivity index is 1.39. The summed E-state index contributed by atoms with van der Waals surface area (Å²) in [6.07, 6.45) is -0.572. The van der Waals surface area contributed by atoms with Crippen LogP contribution >= 0.6 is 0 Å². The number of nitrogens with one attached hydrogen (secondary N) is 4. The van der Waals surface area contributed by atoms with Crippen LogP contribution in [0.15, 0.2) is 42.5 Å². The van der Waals surface area contributed by atoms with Crippen molar-refractivity contribution in [3.05, 3.63) is 64.7 Å². The van der Waals surface area contributed by atoms with Crippen LogP contribution in [0, 0.1) is 0 Å². The highest BCUT2D eigenvalue weighted by atomic mass is 16.6. The Morgan fingerprint density at radius 1 is 1.03 bits per heavy atom. The highest BCUT2D eigenvalue weighted by Gasteiger charge is 2.45. The van der Waals surface area contributed by atoms with Crippen molar-refractivity contribution in [1.29, 1.82) is 0 Å². The molecular weight excluding hydrogens is 494 g/mol. The number of imide groups is 2. The number of ether oxygens (including phenoxy) is 1. The van der Waals surface area contributed by atoms with Crippen molar-refractivity contribution in [3.63, 3.8) is 0 Å². The van der Waals surface area contributed by atoms with Crippen molar-refractivity contribution in [3.8, 4) is 0 Å². The SMILES string of the molecule is CC(C)(C)OC(=O)NNc1ccc(C(=O)NCc2cccc3c2C(=O)N(C2CCC(=O)NC2=O)C3=O)cc1. The maximum Gasteiger partial charge on any atom is 0.426 e. The zero-order valence-corrected chi connectivity index (χ0v) is 21.0. The second-order valence-corrected chi connectivity index (χ2v) is 9.80. The van der Waals surface area contributed by atoms with Gasteiger partial charge in [0.05, 0.1) is 16.8 Å². The maximum absolute atomic E-state index is 13.2. The van der Waals surface area contributed by atoms with Gasteiger partial charge in [-0.1, -0.05) is 12.1 Å². The van der Waals surface area contributed by atoms with Gasteiger partial charge in [0, 0.05) is 18.5 Å². The van der Waals surface area contributed by atoms with E-state index in [1.54, 1.807) is 57.2 Å². The first-order valence-electron chi connectivity index (χ1n) is 11.9. The Hall–Kier alpha value is -4.74. The summed E-state index contributed by atoms with van der Waals surface area (Å²) in [7, 11) is 0. The summed E-state index contributed by atoms with van der Waals surface area (Å²) in [5.74, 6) is -2.82. The van der Waals surface area contributed by atoms with Crippen LogP contribution in [0.2, 0.25) is 0 Å². The zero-order chi connectivity index (χ0) is 27.6. The molecule has 6 amide bonds. The molecule has 2 aromatic carbocycles. The third-order valence-electron chi connectivity index (χ3n) is 5.85. The number of benzene rings is 2. The number of nitrogens with zero attached hydrogens (tertiary/aromatic N) is 1. The number of rotatable bonds is 6. The number of carbonyl (C=O) groups excluding carboxylic acids is 6. The number of hydrazine groups is 1. The van der Waals surface area contributed by atoms with Gasteiger partial charge >= 0.3 is 6.09 Å². The minimum absolute atomic E-state index is 0.0259. The van der Waals surface area contributed by atoms with Crippen LogP contribution in [0.4, 0.5) is 10.5 Å². The molecule has 4 rings (SSSR count). The molecule has 2 aliphatic rings. The van der Waals surface area contributed by atoms with Gasteiger partial charge in [0.1, 0.15) is 11.6 Å². The summed E-state index contributed by atoms with van der Waals surface area (Å²) in [6.45, 7) is 5.19. The minimum atomic E-state index is -1.07. The molecular formula is C26H27N5O7. The highest BCUT2D eigenvalue weighted by molar-refractivity contribution is 6.24. The number of hydrogen-bond acceptors (Lipinski definition) is 8. The van der Waals surface area contributed by atoms with E-state index >= 15 is 0 Å². The van der Waals surface area contributed by atoms with Gasteiger partial charge in [0.15, 0.2) is 0 Å². The van der Waals surface area contributed by atoms with Crippen molar-refractivity contribution in [2.75, 3.05) is 5.43 Å². The molecule has 38 heavy (non-hydrogen) atoms. The van der Waals surface area contributed by atoms with Gasteiger partial charge in [-0.3, -0.25) is 39.6 Å². The van der Waals surface area contributed by atoms with Gasteiger partial charge in [0.25, 0.3) is 17.7 Å². The van der Waals surface area contributed by atoms with Crippen molar-refractivity contribution in [2.24, 2.45) is 0 Å². The van der Waals surface area contributed by atoms with E-state index in [0.29, 0.717) is 16.8 Å². The van der Waals surface area contributed by atoms with E-state index in [2.05, 4.69) is 21.5 Å². The first-order chi connectivity index (χ1) is 17.9. The third kappa shape index (κ3) is 5.64. The summed E-state index contributed by atoms with van der Waals surface area (Å²) in [4.78, 5) is 75.2. The average Bonchev–Trinajstić information content (AvgIpc) is 3.11. The van der Waals surface area contributed by atoms with Crippen LogP contribution in [0.1, 0.15) is 70.3 Å². The summed E-state index contributed by atoms with van der Waals surface area (Å²) in [5.41, 5.74) is 5.97. The standard InChI is InChI=1S/C26H27N5O7/c1-26(2,3)38-25(37)30-29-16-9-7-14(8-10-16)21(33)27-13-15-5-4-6-17-20(15)24(36)31(23(17)35)18-11-12-19(32)28-22(18)34/h4-10,18,29H,11-13H2,1-3H3,(H,27,33)(H,30,37)(H,28,32,34). The number of hydrogen-bond donors (Lipinski definition) is 4. The predicted molar refractivity (Wildman–Crippen MR) is 134 cm³/mol. The Morgan fingerprint density at radius 3 is 2.39 bits per heavy atom. The first-order valence-corrected chi connectivity index (χ1v) is 11.9. The van der Waals surface area contributed by atoms with Crippen LogP contribution in [0.3, 0.4) is 0 Å². The van der Waals surface area contributed by atoms with E-state index in [0.717, 1.165) is 4.90 Å². The highest BCUT2D eigenvalue weighted by Crippen LogP contribution is 2.30. The quantitative estimate of drug-likeness (QED) is 0.331. The molecule has 198 valence electrons. The molecule has 2 aliphatic heterocycles. The lowest BCUT2D eigenvalue weighted by molar-refractivity contribution is -0.136. The molecule has 12 heteroatoms. The topological polar surface area (TPSA) is 163 Å². The van der Waals surface area contributed by atoms with Crippen LogP contribution in [-0.2, 0) is 20.9 Å². The van der Waals surface area contributed by atoms with Gasteiger partial charge in [-0.25, -0.2) is 10.2 Å². The van der Waals surface area contributed by atoms with Crippen LogP contribution in [-0.4, -0.2) is 52.2 Å². The van der Waals surface area contributed by atoms with Crippen molar-refractivity contribution >= 4 is 41.3 Å². The molecule has 2 aromatic rings. The maximum atomic E-state index is 13.2. The summed E-state index contributed by atoms with van der Waals surface area (Å²) in [6, 6.07) is 9.90. The molecule has 2 heterocycles. The molecule has 1 unspecified atom stereocenters. The number of piperidine rings is 1. The summed E-state index contributed by atoms with van der Waals surface area (Å²) >= 11 is 0. The lowest BCUT2D eigenvalue weighted by atomic mass is 10.0. The number of anilines is 1. The molecule has 0 saturated carbocycles. The Kier molecular flexibility index (Phi) is 7.15. The fourth-order valence-electron chi connectivity index (χ4n) is 4.14. The zero-order valence-electron chi connectivity index (χ0n) is 21.0. The molecule has 0 radical (unpaired) electrons. The smallest absolute Gasteiger partial charge is 0.426 e. The van der Waals surface area contributed by atoms with Gasteiger partial charge < -0.3 is 10.1 Å². The van der Waals surface area contributed by atoms with Crippen LogP contribution < -0.4 is 21.5 Å². The predicted octanol–water partition coefficient (Wildman–Crippen LogP) is 1.87. The molecule has 0 bridgehead atoms. The Labute approximate surface area is 218 Å². The second-order valence-electron chi connectivity index (χ2n) is 9.80. The van der Waals surface area contributed by atoms with Crippen molar-refractivity contribution < 1.29 is 33.5 Å². The number of carbonyl (C=O) groups is 6. The normalized spacial score (nSPS) is 17.0. The molecule has 4 N–H and O–H groups in total. The fraction of sp³-hybridized carbons (Fsp3) is 0.308. The van der Waals surface area contributed by atoms with Gasteiger partial charge in [-0.15, -0.1) is 0 Å². The monoisotopic (exact) mass is 521 g/mol. The Bertz CT molecular complexity index is 1330. The van der Waals surface area contributed by atoms with E-state index in [1.807, 2.05) is 0 Å². The van der Waals surface area contributed by atoms with Crippen LogP contribution in [0.5, 0.6) is 0 Å². The van der Waals surface area contributed by atoms with Crippen molar-refractivity contribution in [2.45, 2.75) is 51.8 Å². The third-order valence-corrected chi connectivity index (χ3v) is 5.85. The molecule has 0 aromatic heterocycles. The summed E-state index contributed by atoms with van der Waals surface area (Å²) < 4.78 is 5.13. The lowest BCUT2D eigenvalue weighted by Crippen LogP contribution is -2.54. The molecule has 1 saturated heterocycles. The largest absolute Gasteiger partial charge is 0.443 e. The molecule has 0 aliphatic carbocycles. The van der Waals surface area contributed by atoms with Gasteiger partial charge in [-0.05, 0) is 63.1 Å². The lowest BCUT2D eigenvalue weighted by Gasteiger charge is -2.27. The minimum Gasteiger partial charge on any atom is -0.443 e. The molecule has 0 spiro atoms. The van der Waals surface area contributed by atoms with Crippen molar-refractivity contribution in [1.82, 2.24) is 21.0 Å². The average molecular weight is 522 g/mol. The van der Waals surface area contributed by atoms with E-state index in [-0.39, 0.29) is 30.5 Å². The van der Waals surface area contributed by atoms with Crippen LogP contribution in [0.25, 0.3) is 0 Å². The van der Waals surface area contributed by atoms with Gasteiger partial charge in [0.2, 0.25) is 11.8 Å². The number of amides is 6. The second kappa shape index (κ2) is 10.3. The van der Waals surface area contributed by atoms with Gasteiger partial charge in [-0.2, -0.15) is 0 Å².